The molecule has 7 heteroatoms. The van der Waals surface area contributed by atoms with Crippen molar-refractivity contribution in [2.24, 2.45) is 4.99 Å². The van der Waals surface area contributed by atoms with Gasteiger partial charge >= 0.3 is 0 Å². The Kier molecular flexibility index (Phi) is 11.5. The standard InChI is InChI=1S/C26H36N4O2.HI/c1-4-15-32-24-16-20(3)8-13-23(24)18-29-26(27-5-2)28-17-21-9-11-22(12-10-21)19-30-14-6-7-25(30)31;/h8-13,16H,4-7,14-15,17-19H2,1-3H3,(H2,27,28,29);1H. The fourth-order valence-electron chi connectivity index (χ4n) is 3.69. The molecular formula is C26H37IN4O2. The summed E-state index contributed by atoms with van der Waals surface area (Å²) >= 11 is 0. The van der Waals surface area contributed by atoms with Crippen molar-refractivity contribution < 1.29 is 9.53 Å². The van der Waals surface area contributed by atoms with E-state index in [9.17, 15) is 4.79 Å². The first-order valence-corrected chi connectivity index (χ1v) is 11.7. The third-order valence-electron chi connectivity index (χ3n) is 5.46. The number of aliphatic imine (C=N–C) groups is 1. The lowest BCUT2D eigenvalue weighted by atomic mass is 10.1. The normalized spacial score (nSPS) is 13.6. The van der Waals surface area contributed by atoms with Crippen molar-refractivity contribution in [2.45, 2.75) is 59.7 Å². The van der Waals surface area contributed by atoms with Gasteiger partial charge in [0.05, 0.1) is 13.2 Å². The van der Waals surface area contributed by atoms with Gasteiger partial charge in [-0.2, -0.15) is 0 Å². The Balaban J connectivity index is 0.00000385. The highest BCUT2D eigenvalue weighted by Crippen LogP contribution is 2.20. The van der Waals surface area contributed by atoms with Gasteiger partial charge in [-0.15, -0.1) is 24.0 Å². The average Bonchev–Trinajstić information content (AvgIpc) is 3.20. The largest absolute Gasteiger partial charge is 0.493 e. The van der Waals surface area contributed by atoms with Gasteiger partial charge in [-0.25, -0.2) is 4.99 Å². The molecule has 1 saturated heterocycles. The minimum absolute atomic E-state index is 0. The number of hydrogen-bond donors (Lipinski definition) is 2. The molecule has 3 rings (SSSR count). The van der Waals surface area contributed by atoms with Gasteiger partial charge in [0.25, 0.3) is 0 Å². The third-order valence-corrected chi connectivity index (χ3v) is 5.46. The monoisotopic (exact) mass is 564 g/mol. The molecule has 1 amide bonds. The molecule has 2 aromatic carbocycles. The summed E-state index contributed by atoms with van der Waals surface area (Å²) < 4.78 is 5.93. The number of benzene rings is 2. The number of likely N-dealkylation sites (tertiary alicyclic amines) is 1. The van der Waals surface area contributed by atoms with Crippen molar-refractivity contribution in [2.75, 3.05) is 19.7 Å². The number of aryl methyl sites for hydroxylation is 1. The maximum absolute atomic E-state index is 11.8. The summed E-state index contributed by atoms with van der Waals surface area (Å²) in [5.41, 5.74) is 4.62. The number of nitrogens with one attached hydrogen (secondary N) is 2. The molecule has 0 bridgehead atoms. The number of amides is 1. The quantitative estimate of drug-likeness (QED) is 0.248. The molecule has 1 fully saturated rings. The number of rotatable bonds is 10. The molecule has 0 saturated carbocycles. The SMILES string of the molecule is CCCOc1cc(C)ccc1CNC(=NCc1ccc(CN2CCCC2=O)cc1)NCC.I. The van der Waals surface area contributed by atoms with Gasteiger partial charge in [0, 0.05) is 38.2 Å². The van der Waals surface area contributed by atoms with E-state index in [-0.39, 0.29) is 29.9 Å². The Bertz CT molecular complexity index is 915. The number of guanidine groups is 1. The summed E-state index contributed by atoms with van der Waals surface area (Å²) in [6.45, 7) is 10.6. The van der Waals surface area contributed by atoms with Gasteiger partial charge in [-0.3, -0.25) is 4.79 Å². The first-order chi connectivity index (χ1) is 15.6. The van der Waals surface area contributed by atoms with Crippen LogP contribution in [0.2, 0.25) is 0 Å². The number of carbonyl (C=O) groups is 1. The average molecular weight is 565 g/mol. The molecule has 180 valence electrons. The van der Waals surface area contributed by atoms with Crippen LogP contribution in [0.3, 0.4) is 0 Å². The van der Waals surface area contributed by atoms with E-state index in [0.29, 0.717) is 32.7 Å². The van der Waals surface area contributed by atoms with Crippen molar-refractivity contribution in [3.63, 3.8) is 0 Å². The lowest BCUT2D eigenvalue weighted by Crippen LogP contribution is -2.36. The molecule has 33 heavy (non-hydrogen) atoms. The van der Waals surface area contributed by atoms with Crippen LogP contribution in [0.1, 0.15) is 55.4 Å². The molecule has 0 aliphatic carbocycles. The summed E-state index contributed by atoms with van der Waals surface area (Å²) in [5.74, 6) is 1.97. The molecule has 1 aliphatic heterocycles. The first kappa shape index (κ1) is 27.0. The molecule has 6 nitrogen and oxygen atoms in total. The Hall–Kier alpha value is -2.29. The predicted molar refractivity (Wildman–Crippen MR) is 145 cm³/mol. The van der Waals surface area contributed by atoms with Crippen LogP contribution in [0, 0.1) is 6.92 Å². The summed E-state index contributed by atoms with van der Waals surface area (Å²) in [7, 11) is 0. The number of carbonyl (C=O) groups excluding carboxylic acids is 1. The van der Waals surface area contributed by atoms with Crippen LogP contribution in [0.4, 0.5) is 0 Å². The number of halogens is 1. The van der Waals surface area contributed by atoms with Crippen molar-refractivity contribution >= 4 is 35.8 Å². The highest BCUT2D eigenvalue weighted by Gasteiger charge is 2.19. The van der Waals surface area contributed by atoms with Crippen LogP contribution in [-0.4, -0.2) is 36.5 Å². The predicted octanol–water partition coefficient (Wildman–Crippen LogP) is 4.78. The van der Waals surface area contributed by atoms with Crippen molar-refractivity contribution in [3.05, 3.63) is 64.7 Å². The van der Waals surface area contributed by atoms with Gasteiger partial charge in [-0.1, -0.05) is 43.3 Å². The van der Waals surface area contributed by atoms with Crippen molar-refractivity contribution in [1.29, 1.82) is 0 Å². The van der Waals surface area contributed by atoms with E-state index in [1.807, 2.05) is 4.90 Å². The zero-order valence-corrected chi connectivity index (χ0v) is 22.4. The third kappa shape index (κ3) is 8.53. The van der Waals surface area contributed by atoms with Crippen LogP contribution in [0.15, 0.2) is 47.5 Å². The molecule has 0 atom stereocenters. The van der Waals surface area contributed by atoms with Crippen LogP contribution < -0.4 is 15.4 Å². The number of hydrogen-bond acceptors (Lipinski definition) is 3. The molecule has 0 aromatic heterocycles. The van der Waals surface area contributed by atoms with Gasteiger partial charge in [-0.05, 0) is 49.4 Å². The molecule has 2 N–H and O–H groups in total. The molecule has 0 unspecified atom stereocenters. The second-order valence-corrected chi connectivity index (χ2v) is 8.24. The minimum atomic E-state index is 0. The molecule has 0 spiro atoms. The van der Waals surface area contributed by atoms with E-state index in [1.54, 1.807) is 0 Å². The Morgan fingerprint density at radius 3 is 2.52 bits per heavy atom. The summed E-state index contributed by atoms with van der Waals surface area (Å²) in [6.07, 6.45) is 2.64. The van der Waals surface area contributed by atoms with Gasteiger partial charge in [0.15, 0.2) is 5.96 Å². The Labute approximate surface area is 215 Å². The molecular weight excluding hydrogens is 527 g/mol. The molecule has 1 heterocycles. The first-order valence-electron chi connectivity index (χ1n) is 11.7. The summed E-state index contributed by atoms with van der Waals surface area (Å²) in [5, 5.41) is 6.74. The molecule has 2 aromatic rings. The lowest BCUT2D eigenvalue weighted by Gasteiger charge is -2.16. The molecule has 0 radical (unpaired) electrons. The fourth-order valence-corrected chi connectivity index (χ4v) is 3.69. The van der Waals surface area contributed by atoms with E-state index >= 15 is 0 Å². The van der Waals surface area contributed by atoms with Crippen molar-refractivity contribution in [1.82, 2.24) is 15.5 Å². The maximum Gasteiger partial charge on any atom is 0.222 e. The zero-order chi connectivity index (χ0) is 22.8. The maximum atomic E-state index is 11.8. The smallest absolute Gasteiger partial charge is 0.222 e. The van der Waals surface area contributed by atoms with Gasteiger partial charge in [0.1, 0.15) is 5.75 Å². The van der Waals surface area contributed by atoms with Crippen LogP contribution >= 0.6 is 24.0 Å². The van der Waals surface area contributed by atoms with E-state index in [0.717, 1.165) is 54.3 Å². The van der Waals surface area contributed by atoms with E-state index in [4.69, 9.17) is 9.73 Å². The fraction of sp³-hybridized carbons (Fsp3) is 0.462. The van der Waals surface area contributed by atoms with Crippen LogP contribution in [0.5, 0.6) is 5.75 Å². The zero-order valence-electron chi connectivity index (χ0n) is 20.0. The second-order valence-electron chi connectivity index (χ2n) is 8.24. The van der Waals surface area contributed by atoms with E-state index in [1.165, 1.54) is 5.56 Å². The molecule has 1 aliphatic rings. The topological polar surface area (TPSA) is 66.0 Å². The highest BCUT2D eigenvalue weighted by atomic mass is 127. The highest BCUT2D eigenvalue weighted by molar-refractivity contribution is 14.0. The Morgan fingerprint density at radius 2 is 1.85 bits per heavy atom. The van der Waals surface area contributed by atoms with Crippen LogP contribution in [-0.2, 0) is 24.4 Å². The van der Waals surface area contributed by atoms with Gasteiger partial charge in [0.2, 0.25) is 5.91 Å². The number of nitrogens with zero attached hydrogens (tertiary/aromatic N) is 2. The lowest BCUT2D eigenvalue weighted by molar-refractivity contribution is -0.128. The number of ether oxygens (including phenoxy) is 1. The van der Waals surface area contributed by atoms with Gasteiger partial charge < -0.3 is 20.3 Å². The summed E-state index contributed by atoms with van der Waals surface area (Å²) in [4.78, 5) is 18.5. The van der Waals surface area contributed by atoms with E-state index < -0.39 is 0 Å². The van der Waals surface area contributed by atoms with E-state index in [2.05, 4.69) is 73.9 Å². The van der Waals surface area contributed by atoms with Crippen molar-refractivity contribution in [3.8, 4) is 5.75 Å². The second kappa shape index (κ2) is 14.1. The Morgan fingerprint density at radius 1 is 1.09 bits per heavy atom. The summed E-state index contributed by atoms with van der Waals surface area (Å²) in [6, 6.07) is 14.7. The van der Waals surface area contributed by atoms with Crippen LogP contribution in [0.25, 0.3) is 0 Å². The minimum Gasteiger partial charge on any atom is -0.493 e.